The lowest BCUT2D eigenvalue weighted by Crippen LogP contribution is -2.29. The number of benzene rings is 1. The third-order valence-corrected chi connectivity index (χ3v) is 3.58. The molecule has 18 heavy (non-hydrogen) atoms. The molecule has 0 fully saturated rings. The van der Waals surface area contributed by atoms with Gasteiger partial charge in [-0.05, 0) is 30.7 Å². The van der Waals surface area contributed by atoms with Crippen molar-refractivity contribution < 1.29 is 13.5 Å². The first-order chi connectivity index (χ1) is 8.67. The van der Waals surface area contributed by atoms with E-state index in [-0.39, 0.29) is 0 Å². The molecule has 0 aliphatic carbocycles. The van der Waals surface area contributed by atoms with E-state index in [0.29, 0.717) is 4.90 Å². The topological polar surface area (TPSA) is 49.8 Å². The Hall–Kier alpha value is -0.750. The van der Waals surface area contributed by atoms with Crippen LogP contribution >= 0.6 is 0 Å². The molecular formula is C13H21NO3S. The van der Waals surface area contributed by atoms with Crippen LogP contribution in [0.4, 0.5) is 0 Å². The second kappa shape index (κ2) is 8.37. The van der Waals surface area contributed by atoms with E-state index in [1.165, 1.54) is 5.56 Å². The summed E-state index contributed by atoms with van der Waals surface area (Å²) in [6.07, 6.45) is 0.940. The van der Waals surface area contributed by atoms with Gasteiger partial charge in [0.25, 0.3) is 0 Å². The summed E-state index contributed by atoms with van der Waals surface area (Å²) in [5.74, 6) is 0. The van der Waals surface area contributed by atoms with Crippen LogP contribution in [-0.2, 0) is 22.2 Å². The summed E-state index contributed by atoms with van der Waals surface area (Å²) in [6, 6.07) is 7.23. The highest BCUT2D eigenvalue weighted by atomic mass is 32.2. The lowest BCUT2D eigenvalue weighted by atomic mass is 10.1. The molecule has 0 aliphatic rings. The summed E-state index contributed by atoms with van der Waals surface area (Å²) < 4.78 is 24.8. The maximum atomic E-state index is 10.8. The van der Waals surface area contributed by atoms with Gasteiger partial charge in [0, 0.05) is 20.2 Å². The predicted octanol–water partition coefficient (Wildman–Crippen LogP) is 1.78. The summed E-state index contributed by atoms with van der Waals surface area (Å²) in [4.78, 5) is 2.77. The molecule has 1 aromatic rings. The highest BCUT2D eigenvalue weighted by Crippen LogP contribution is 2.08. The zero-order valence-electron chi connectivity index (χ0n) is 11.0. The Balaban J connectivity index is 2.44. The monoisotopic (exact) mass is 271 g/mol. The molecule has 0 aromatic heterocycles. The SMILES string of the molecule is CCN(CCOC)CCc1ccc(S(=O)O)cc1. The average molecular weight is 271 g/mol. The van der Waals surface area contributed by atoms with E-state index in [4.69, 9.17) is 9.29 Å². The van der Waals surface area contributed by atoms with Gasteiger partial charge in [-0.1, -0.05) is 19.1 Å². The van der Waals surface area contributed by atoms with Gasteiger partial charge in [0.05, 0.1) is 11.5 Å². The fourth-order valence-corrected chi connectivity index (χ4v) is 2.08. The van der Waals surface area contributed by atoms with E-state index in [1.54, 1.807) is 19.2 Å². The van der Waals surface area contributed by atoms with Crippen molar-refractivity contribution in [3.8, 4) is 0 Å². The summed E-state index contributed by atoms with van der Waals surface area (Å²) in [6.45, 7) is 5.79. The molecule has 4 nitrogen and oxygen atoms in total. The van der Waals surface area contributed by atoms with Crippen molar-refractivity contribution in [2.45, 2.75) is 18.2 Å². The molecule has 1 aromatic carbocycles. The van der Waals surface area contributed by atoms with Crippen LogP contribution in [-0.4, -0.2) is 47.0 Å². The largest absolute Gasteiger partial charge is 0.383 e. The number of hydrogen-bond donors (Lipinski definition) is 1. The molecule has 0 bridgehead atoms. The van der Waals surface area contributed by atoms with Crippen LogP contribution in [0.1, 0.15) is 12.5 Å². The molecule has 0 amide bonds. The molecule has 1 unspecified atom stereocenters. The minimum atomic E-state index is -1.88. The molecule has 1 atom stereocenters. The third kappa shape index (κ3) is 5.27. The first-order valence-electron chi connectivity index (χ1n) is 6.08. The third-order valence-electron chi connectivity index (χ3n) is 2.90. The molecule has 0 heterocycles. The van der Waals surface area contributed by atoms with Crippen molar-refractivity contribution >= 4 is 11.1 Å². The molecule has 0 spiro atoms. The lowest BCUT2D eigenvalue weighted by Gasteiger charge is -2.19. The molecule has 0 radical (unpaired) electrons. The van der Waals surface area contributed by atoms with Gasteiger partial charge in [0.15, 0.2) is 11.1 Å². The highest BCUT2D eigenvalue weighted by molar-refractivity contribution is 7.79. The van der Waals surface area contributed by atoms with Gasteiger partial charge in [0.1, 0.15) is 0 Å². The molecule has 1 N–H and O–H groups in total. The molecular weight excluding hydrogens is 250 g/mol. The summed E-state index contributed by atoms with van der Waals surface area (Å²) >= 11 is -1.88. The fourth-order valence-electron chi connectivity index (χ4n) is 1.71. The molecule has 0 saturated heterocycles. The van der Waals surface area contributed by atoms with Gasteiger partial charge in [-0.15, -0.1) is 0 Å². The minimum absolute atomic E-state index is 0.450. The zero-order chi connectivity index (χ0) is 13.4. The van der Waals surface area contributed by atoms with Crippen LogP contribution in [0.5, 0.6) is 0 Å². The Kier molecular flexibility index (Phi) is 7.12. The molecule has 0 saturated carbocycles. The van der Waals surface area contributed by atoms with Gasteiger partial charge in [-0.3, -0.25) is 0 Å². The van der Waals surface area contributed by atoms with Gasteiger partial charge in [-0.25, -0.2) is 4.21 Å². The van der Waals surface area contributed by atoms with E-state index in [0.717, 1.165) is 32.7 Å². The summed E-state index contributed by atoms with van der Waals surface area (Å²) in [5, 5.41) is 0. The van der Waals surface area contributed by atoms with Gasteiger partial charge >= 0.3 is 0 Å². The first kappa shape index (κ1) is 15.3. The highest BCUT2D eigenvalue weighted by Gasteiger charge is 2.03. The van der Waals surface area contributed by atoms with Crippen LogP contribution in [0.25, 0.3) is 0 Å². The Morgan fingerprint density at radius 2 is 1.94 bits per heavy atom. The van der Waals surface area contributed by atoms with E-state index in [2.05, 4.69) is 11.8 Å². The van der Waals surface area contributed by atoms with Crippen molar-refractivity contribution in [2.75, 3.05) is 33.4 Å². The van der Waals surface area contributed by atoms with E-state index in [1.807, 2.05) is 12.1 Å². The van der Waals surface area contributed by atoms with Crippen LogP contribution in [0.3, 0.4) is 0 Å². The van der Waals surface area contributed by atoms with Crippen LogP contribution in [0.15, 0.2) is 29.2 Å². The normalized spacial score (nSPS) is 12.9. The quantitative estimate of drug-likeness (QED) is 0.732. The molecule has 102 valence electrons. The zero-order valence-corrected chi connectivity index (χ0v) is 11.8. The maximum absolute atomic E-state index is 10.8. The van der Waals surface area contributed by atoms with Gasteiger partial charge in [0.2, 0.25) is 0 Å². The number of rotatable bonds is 8. The maximum Gasteiger partial charge on any atom is 0.186 e. The fraction of sp³-hybridized carbons (Fsp3) is 0.538. The average Bonchev–Trinajstić information content (AvgIpc) is 2.39. The Morgan fingerprint density at radius 1 is 1.28 bits per heavy atom. The summed E-state index contributed by atoms with van der Waals surface area (Å²) in [5.41, 5.74) is 1.18. The summed E-state index contributed by atoms with van der Waals surface area (Å²) in [7, 11) is 1.71. The smallest absolute Gasteiger partial charge is 0.186 e. The number of ether oxygens (including phenoxy) is 1. The van der Waals surface area contributed by atoms with Crippen molar-refractivity contribution in [3.05, 3.63) is 29.8 Å². The second-order valence-corrected chi connectivity index (χ2v) is 5.04. The predicted molar refractivity (Wildman–Crippen MR) is 73.2 cm³/mol. The van der Waals surface area contributed by atoms with E-state index >= 15 is 0 Å². The number of methoxy groups -OCH3 is 1. The Labute approximate surface area is 111 Å². The van der Waals surface area contributed by atoms with E-state index < -0.39 is 11.1 Å². The van der Waals surface area contributed by atoms with Crippen molar-refractivity contribution in [2.24, 2.45) is 0 Å². The second-order valence-electron chi connectivity index (χ2n) is 4.07. The van der Waals surface area contributed by atoms with Crippen molar-refractivity contribution in [3.63, 3.8) is 0 Å². The molecule has 1 rings (SSSR count). The van der Waals surface area contributed by atoms with E-state index in [9.17, 15) is 4.21 Å². The van der Waals surface area contributed by atoms with Crippen LogP contribution in [0.2, 0.25) is 0 Å². The van der Waals surface area contributed by atoms with Crippen molar-refractivity contribution in [1.82, 2.24) is 4.90 Å². The molecule has 0 aliphatic heterocycles. The van der Waals surface area contributed by atoms with Crippen molar-refractivity contribution in [1.29, 1.82) is 0 Å². The number of hydrogen-bond acceptors (Lipinski definition) is 3. The Morgan fingerprint density at radius 3 is 2.44 bits per heavy atom. The minimum Gasteiger partial charge on any atom is -0.383 e. The van der Waals surface area contributed by atoms with Crippen LogP contribution < -0.4 is 0 Å². The van der Waals surface area contributed by atoms with Gasteiger partial charge in [-0.2, -0.15) is 0 Å². The number of likely N-dealkylation sites (N-methyl/N-ethyl adjacent to an activating group) is 1. The standard InChI is InChI=1S/C13H21NO3S/c1-3-14(10-11-17-2)9-8-12-4-6-13(7-5-12)18(15)16/h4-7H,3,8-11H2,1-2H3,(H,15,16). The Bertz CT molecular complexity index is 367. The van der Waals surface area contributed by atoms with Crippen LogP contribution in [0, 0.1) is 0 Å². The van der Waals surface area contributed by atoms with Gasteiger partial charge < -0.3 is 14.2 Å². The first-order valence-corrected chi connectivity index (χ1v) is 7.19. The lowest BCUT2D eigenvalue weighted by molar-refractivity contribution is 0.151. The molecule has 5 heteroatoms. The number of nitrogens with zero attached hydrogens (tertiary/aromatic N) is 1.